The Morgan fingerprint density at radius 3 is 2.44 bits per heavy atom. The summed E-state index contributed by atoms with van der Waals surface area (Å²) in [6, 6.07) is 8.81. The molecule has 1 heterocycles. The van der Waals surface area contributed by atoms with Crippen LogP contribution in [-0.4, -0.2) is 37.3 Å². The summed E-state index contributed by atoms with van der Waals surface area (Å²) in [5, 5.41) is 13.0. The second-order valence-electron chi connectivity index (χ2n) is 5.11. The van der Waals surface area contributed by atoms with Gasteiger partial charge in [0.05, 0.1) is 6.61 Å². The van der Waals surface area contributed by atoms with E-state index in [1.807, 2.05) is 0 Å². The summed E-state index contributed by atoms with van der Waals surface area (Å²) in [4.78, 5) is 11.6. The molecule has 0 radical (unpaired) electrons. The summed E-state index contributed by atoms with van der Waals surface area (Å²) < 4.78 is 0. The first kappa shape index (κ1) is 23.6. The SMILES string of the molecule is C=C.CNCCO.Cc1ccc(-c2csc(CSCC=O)c2)cc1C. The fraction of sp³-hybridized carbons (Fsp3) is 0.350. The van der Waals surface area contributed by atoms with E-state index in [2.05, 4.69) is 62.0 Å². The van der Waals surface area contributed by atoms with E-state index in [-0.39, 0.29) is 6.61 Å². The molecule has 2 rings (SSSR count). The number of carbonyl (C=O) groups excluding carboxylic acids is 1. The Morgan fingerprint density at radius 1 is 1.20 bits per heavy atom. The summed E-state index contributed by atoms with van der Waals surface area (Å²) in [6.45, 7) is 11.2. The maximum absolute atomic E-state index is 10.3. The topological polar surface area (TPSA) is 49.3 Å². The molecule has 2 N–H and O–H groups in total. The fourth-order valence-electron chi connectivity index (χ4n) is 1.85. The number of hydrogen-bond donors (Lipinski definition) is 2. The van der Waals surface area contributed by atoms with Crippen molar-refractivity contribution >= 4 is 29.4 Å². The van der Waals surface area contributed by atoms with E-state index in [4.69, 9.17) is 5.11 Å². The molecule has 25 heavy (non-hydrogen) atoms. The zero-order chi connectivity index (χ0) is 19.1. The lowest BCUT2D eigenvalue weighted by Crippen LogP contribution is -2.10. The van der Waals surface area contributed by atoms with Crippen LogP contribution < -0.4 is 5.32 Å². The lowest BCUT2D eigenvalue weighted by Gasteiger charge is -2.03. The van der Waals surface area contributed by atoms with Crippen molar-refractivity contribution in [3.05, 3.63) is 58.8 Å². The van der Waals surface area contributed by atoms with E-state index in [1.54, 1.807) is 30.1 Å². The number of aldehydes is 1. The van der Waals surface area contributed by atoms with Crippen LogP contribution in [0.25, 0.3) is 11.1 Å². The third kappa shape index (κ3) is 9.60. The van der Waals surface area contributed by atoms with Crippen molar-refractivity contribution in [3.8, 4) is 11.1 Å². The Labute approximate surface area is 160 Å². The molecule has 0 aliphatic carbocycles. The van der Waals surface area contributed by atoms with Crippen molar-refractivity contribution in [2.75, 3.05) is 26.0 Å². The first-order valence-corrected chi connectivity index (χ1v) is 10.1. The minimum absolute atomic E-state index is 0.233. The number of carbonyl (C=O) groups is 1. The molecule has 0 fully saturated rings. The highest BCUT2D eigenvalue weighted by molar-refractivity contribution is 7.99. The number of thioether (sulfide) groups is 1. The number of thiophene rings is 1. The molecule has 0 unspecified atom stereocenters. The van der Waals surface area contributed by atoms with Gasteiger partial charge in [0, 0.05) is 22.9 Å². The Kier molecular flexibility index (Phi) is 14.1. The van der Waals surface area contributed by atoms with Crippen LogP contribution in [0.1, 0.15) is 16.0 Å². The molecule has 1 aromatic heterocycles. The third-order valence-electron chi connectivity index (χ3n) is 3.29. The normalized spacial score (nSPS) is 9.44. The van der Waals surface area contributed by atoms with Gasteiger partial charge in [-0.3, -0.25) is 0 Å². The molecule has 0 amide bonds. The molecule has 3 nitrogen and oxygen atoms in total. The second kappa shape index (κ2) is 14.9. The van der Waals surface area contributed by atoms with E-state index in [0.717, 1.165) is 12.0 Å². The van der Waals surface area contributed by atoms with Gasteiger partial charge < -0.3 is 15.2 Å². The smallest absolute Gasteiger partial charge is 0.129 e. The summed E-state index contributed by atoms with van der Waals surface area (Å²) in [5.74, 6) is 1.51. The van der Waals surface area contributed by atoms with Crippen molar-refractivity contribution in [1.82, 2.24) is 5.32 Å². The van der Waals surface area contributed by atoms with Gasteiger partial charge in [0.1, 0.15) is 6.29 Å². The molecule has 0 aliphatic rings. The van der Waals surface area contributed by atoms with Crippen LogP contribution in [0.5, 0.6) is 0 Å². The van der Waals surface area contributed by atoms with Crippen molar-refractivity contribution in [1.29, 1.82) is 0 Å². The van der Waals surface area contributed by atoms with E-state index in [0.29, 0.717) is 12.3 Å². The van der Waals surface area contributed by atoms with Gasteiger partial charge in [-0.15, -0.1) is 36.3 Å². The van der Waals surface area contributed by atoms with E-state index in [9.17, 15) is 4.79 Å². The average Bonchev–Trinajstić information content (AvgIpc) is 3.10. The van der Waals surface area contributed by atoms with Crippen LogP contribution in [0.4, 0.5) is 0 Å². The lowest BCUT2D eigenvalue weighted by atomic mass is 10.0. The molecular formula is C20H29NO2S2. The van der Waals surface area contributed by atoms with Crippen LogP contribution in [0.3, 0.4) is 0 Å². The fourth-order valence-corrected chi connectivity index (χ4v) is 3.55. The minimum Gasteiger partial charge on any atom is -0.395 e. The summed E-state index contributed by atoms with van der Waals surface area (Å²) >= 11 is 3.43. The highest BCUT2D eigenvalue weighted by Gasteiger charge is 2.04. The summed E-state index contributed by atoms with van der Waals surface area (Å²) in [6.07, 6.45) is 0.961. The molecular weight excluding hydrogens is 350 g/mol. The van der Waals surface area contributed by atoms with E-state index in [1.165, 1.54) is 27.1 Å². The quantitative estimate of drug-likeness (QED) is 0.423. The first-order valence-electron chi connectivity index (χ1n) is 8.04. The zero-order valence-corrected chi connectivity index (χ0v) is 17.0. The van der Waals surface area contributed by atoms with Gasteiger partial charge in [-0.05, 0) is 54.6 Å². The van der Waals surface area contributed by atoms with Crippen molar-refractivity contribution in [2.45, 2.75) is 19.6 Å². The maximum Gasteiger partial charge on any atom is 0.129 e. The summed E-state index contributed by atoms with van der Waals surface area (Å²) in [7, 11) is 1.80. The predicted octanol–water partition coefficient (Wildman–Crippen LogP) is 4.46. The van der Waals surface area contributed by atoms with Gasteiger partial charge in [0.2, 0.25) is 0 Å². The number of hydrogen-bond acceptors (Lipinski definition) is 5. The second-order valence-corrected chi connectivity index (χ2v) is 7.14. The monoisotopic (exact) mass is 379 g/mol. The molecule has 5 heteroatoms. The zero-order valence-electron chi connectivity index (χ0n) is 15.4. The first-order chi connectivity index (χ1) is 12.1. The number of aliphatic hydroxyl groups is 1. The molecule has 1 aromatic carbocycles. The number of likely N-dealkylation sites (N-methyl/N-ethyl adjacent to an activating group) is 1. The average molecular weight is 380 g/mol. The molecule has 0 aliphatic heterocycles. The highest BCUT2D eigenvalue weighted by atomic mass is 32.2. The van der Waals surface area contributed by atoms with Crippen LogP contribution in [-0.2, 0) is 10.5 Å². The number of aryl methyl sites for hydroxylation is 2. The van der Waals surface area contributed by atoms with Crippen LogP contribution >= 0.6 is 23.1 Å². The van der Waals surface area contributed by atoms with Gasteiger partial charge in [-0.2, -0.15) is 0 Å². The summed E-state index contributed by atoms with van der Waals surface area (Å²) in [5.41, 5.74) is 5.22. The molecule has 0 atom stereocenters. The largest absolute Gasteiger partial charge is 0.395 e. The van der Waals surface area contributed by atoms with Crippen molar-refractivity contribution < 1.29 is 9.90 Å². The van der Waals surface area contributed by atoms with Gasteiger partial charge in [0.25, 0.3) is 0 Å². The number of rotatable bonds is 7. The van der Waals surface area contributed by atoms with Crippen molar-refractivity contribution in [2.24, 2.45) is 0 Å². The third-order valence-corrected chi connectivity index (χ3v) is 5.29. The maximum atomic E-state index is 10.3. The van der Waals surface area contributed by atoms with E-state index >= 15 is 0 Å². The van der Waals surface area contributed by atoms with Gasteiger partial charge in [0.15, 0.2) is 0 Å². The molecule has 0 saturated carbocycles. The van der Waals surface area contributed by atoms with Crippen molar-refractivity contribution in [3.63, 3.8) is 0 Å². The Bertz CT molecular complexity index is 609. The minimum atomic E-state index is 0.233. The number of aliphatic hydroxyl groups excluding tert-OH is 1. The Morgan fingerprint density at radius 2 is 1.92 bits per heavy atom. The predicted molar refractivity (Wildman–Crippen MR) is 114 cm³/mol. The van der Waals surface area contributed by atoms with Gasteiger partial charge >= 0.3 is 0 Å². The molecule has 0 spiro atoms. The standard InChI is InChI=1S/C15H16OS2.C3H9NO.C2H4/c1-11-3-4-13(7-12(11)2)14-8-15(18-9-14)10-17-6-5-16;1-4-2-3-5;1-2/h3-5,7-9H,6,10H2,1-2H3;4-5H,2-3H2,1H3;1-2H2. The molecule has 138 valence electrons. The molecule has 2 aromatic rings. The lowest BCUT2D eigenvalue weighted by molar-refractivity contribution is -0.105. The van der Waals surface area contributed by atoms with Crippen LogP contribution in [0.2, 0.25) is 0 Å². The number of nitrogens with one attached hydrogen (secondary N) is 1. The van der Waals surface area contributed by atoms with E-state index < -0.39 is 0 Å². The van der Waals surface area contributed by atoms with Crippen LogP contribution in [0, 0.1) is 13.8 Å². The Balaban J connectivity index is 0.000000710. The van der Waals surface area contributed by atoms with Crippen LogP contribution in [0.15, 0.2) is 42.8 Å². The Hall–Kier alpha value is -1.40. The molecule has 0 bridgehead atoms. The number of benzene rings is 1. The van der Waals surface area contributed by atoms with Gasteiger partial charge in [-0.1, -0.05) is 18.2 Å². The molecule has 0 saturated heterocycles. The highest BCUT2D eigenvalue weighted by Crippen LogP contribution is 2.29. The van der Waals surface area contributed by atoms with Gasteiger partial charge in [-0.25, -0.2) is 0 Å².